The van der Waals surface area contributed by atoms with Crippen LogP contribution in [-0.4, -0.2) is 12.0 Å². The van der Waals surface area contributed by atoms with Crippen molar-refractivity contribution in [2.45, 2.75) is 19.4 Å². The summed E-state index contributed by atoms with van der Waals surface area (Å²) < 4.78 is 13.1. The van der Waals surface area contributed by atoms with E-state index >= 15 is 0 Å². The Balaban J connectivity index is 2.21. The zero-order chi connectivity index (χ0) is 13.8. The van der Waals surface area contributed by atoms with Crippen LogP contribution in [0, 0.1) is 12.7 Å². The third-order valence-corrected chi connectivity index (χ3v) is 3.39. The number of aryl methyl sites for hydroxylation is 1. The van der Waals surface area contributed by atoms with E-state index < -0.39 is 0 Å². The van der Waals surface area contributed by atoms with E-state index in [0.717, 1.165) is 23.2 Å². The smallest absolute Gasteiger partial charge is 0.141 e. The van der Waals surface area contributed by atoms with Gasteiger partial charge in [-0.1, -0.05) is 17.7 Å². The minimum atomic E-state index is -0.383. The molecule has 4 heteroatoms. The molecule has 19 heavy (non-hydrogen) atoms. The molecule has 0 spiro atoms. The van der Waals surface area contributed by atoms with E-state index in [1.165, 1.54) is 6.07 Å². The molecule has 0 radical (unpaired) electrons. The van der Waals surface area contributed by atoms with Gasteiger partial charge in [-0.15, -0.1) is 0 Å². The molecule has 0 saturated carbocycles. The summed E-state index contributed by atoms with van der Waals surface area (Å²) in [7, 11) is 1.91. The molecule has 0 aliphatic heterocycles. The van der Waals surface area contributed by atoms with Crippen molar-refractivity contribution in [3.8, 4) is 0 Å². The molecule has 1 atom stereocenters. The number of likely N-dealkylation sites (N-methyl/N-ethyl adjacent to an activating group) is 1. The predicted octanol–water partition coefficient (Wildman–Crippen LogP) is 3.69. The van der Waals surface area contributed by atoms with Gasteiger partial charge < -0.3 is 5.32 Å². The molecule has 2 nitrogen and oxygen atoms in total. The van der Waals surface area contributed by atoms with E-state index in [9.17, 15) is 4.39 Å². The largest absolute Gasteiger partial charge is 0.313 e. The summed E-state index contributed by atoms with van der Waals surface area (Å²) in [4.78, 5) is 4.19. The molecule has 1 unspecified atom stereocenters. The molecule has 1 N–H and O–H groups in total. The van der Waals surface area contributed by atoms with E-state index in [1.807, 2.05) is 26.1 Å². The first-order chi connectivity index (χ1) is 9.10. The molecular weight excluding hydrogens is 263 g/mol. The van der Waals surface area contributed by atoms with Crippen molar-refractivity contribution < 1.29 is 4.39 Å². The highest BCUT2D eigenvalue weighted by molar-refractivity contribution is 6.30. The lowest BCUT2D eigenvalue weighted by Gasteiger charge is -2.17. The molecule has 0 amide bonds. The first-order valence-corrected chi connectivity index (χ1v) is 6.51. The van der Waals surface area contributed by atoms with E-state index in [4.69, 9.17) is 11.6 Å². The van der Waals surface area contributed by atoms with Crippen LogP contribution in [0.3, 0.4) is 0 Å². The summed E-state index contributed by atoms with van der Waals surface area (Å²) in [5.74, 6) is -0.383. The average molecular weight is 279 g/mol. The van der Waals surface area contributed by atoms with Crippen molar-refractivity contribution in [2.24, 2.45) is 0 Å². The molecule has 1 aromatic carbocycles. The molecule has 2 aromatic rings. The van der Waals surface area contributed by atoms with Crippen molar-refractivity contribution in [3.05, 3.63) is 64.2 Å². The molecule has 0 bridgehead atoms. The number of pyridine rings is 1. The lowest BCUT2D eigenvalue weighted by Crippen LogP contribution is -2.19. The average Bonchev–Trinajstić information content (AvgIpc) is 2.40. The minimum Gasteiger partial charge on any atom is -0.313 e. The van der Waals surface area contributed by atoms with Crippen LogP contribution >= 0.6 is 11.6 Å². The van der Waals surface area contributed by atoms with Crippen LogP contribution in [0.5, 0.6) is 0 Å². The highest BCUT2D eigenvalue weighted by atomic mass is 35.5. The van der Waals surface area contributed by atoms with Crippen molar-refractivity contribution >= 4 is 11.6 Å². The fourth-order valence-corrected chi connectivity index (χ4v) is 2.28. The van der Waals surface area contributed by atoms with Crippen LogP contribution in [0.15, 0.2) is 36.5 Å². The summed E-state index contributed by atoms with van der Waals surface area (Å²) in [6.45, 7) is 1.96. The Morgan fingerprint density at radius 1 is 1.32 bits per heavy atom. The maximum absolute atomic E-state index is 13.1. The van der Waals surface area contributed by atoms with Gasteiger partial charge in [0.1, 0.15) is 5.82 Å². The summed E-state index contributed by atoms with van der Waals surface area (Å²) in [5.41, 5.74) is 3.14. The normalized spacial score (nSPS) is 12.4. The number of hydrogen-bond donors (Lipinski definition) is 1. The summed E-state index contributed by atoms with van der Waals surface area (Å²) in [5, 5.41) is 3.43. The number of hydrogen-bond acceptors (Lipinski definition) is 2. The van der Waals surface area contributed by atoms with E-state index in [0.29, 0.717) is 0 Å². The van der Waals surface area contributed by atoms with Crippen molar-refractivity contribution in [1.82, 2.24) is 10.3 Å². The summed E-state index contributed by atoms with van der Waals surface area (Å²) >= 11 is 5.81. The van der Waals surface area contributed by atoms with Crippen molar-refractivity contribution in [3.63, 3.8) is 0 Å². The van der Waals surface area contributed by atoms with Gasteiger partial charge in [0, 0.05) is 17.9 Å². The van der Waals surface area contributed by atoms with Gasteiger partial charge >= 0.3 is 0 Å². The van der Waals surface area contributed by atoms with Crippen molar-refractivity contribution in [2.75, 3.05) is 7.05 Å². The summed E-state index contributed by atoms with van der Waals surface area (Å²) in [6.07, 6.45) is 2.55. The highest BCUT2D eigenvalue weighted by Gasteiger charge is 2.11. The number of rotatable bonds is 4. The lowest BCUT2D eigenvalue weighted by molar-refractivity contribution is 0.588. The summed E-state index contributed by atoms with van der Waals surface area (Å²) in [6, 6.07) is 9.03. The second-order valence-corrected chi connectivity index (χ2v) is 4.93. The topological polar surface area (TPSA) is 24.9 Å². The molecule has 1 aromatic heterocycles. The molecule has 100 valence electrons. The van der Waals surface area contributed by atoms with E-state index in [1.54, 1.807) is 18.3 Å². The molecule has 2 rings (SSSR count). The van der Waals surface area contributed by atoms with Crippen LogP contribution in [0.1, 0.15) is 22.9 Å². The standard InChI is InChI=1S/C15H16ClFN2/c1-10-7-12(5-6-19-10)15(18-2)9-11-3-4-14(17)13(16)8-11/h3-8,15,18H,9H2,1-2H3. The van der Waals surface area contributed by atoms with Gasteiger partial charge in [0.15, 0.2) is 0 Å². The second kappa shape index (κ2) is 6.13. The van der Waals surface area contributed by atoms with Crippen LogP contribution in [0.4, 0.5) is 4.39 Å². The first kappa shape index (κ1) is 14.0. The zero-order valence-corrected chi connectivity index (χ0v) is 11.7. The SMILES string of the molecule is CNC(Cc1ccc(F)c(Cl)c1)c1ccnc(C)c1. The third kappa shape index (κ3) is 3.52. The van der Waals surface area contributed by atoms with Crippen LogP contribution in [0.2, 0.25) is 5.02 Å². The Morgan fingerprint density at radius 3 is 2.74 bits per heavy atom. The zero-order valence-electron chi connectivity index (χ0n) is 11.0. The fraction of sp³-hybridized carbons (Fsp3) is 0.267. The Bertz CT molecular complexity index is 572. The molecule has 0 fully saturated rings. The maximum atomic E-state index is 13.1. The van der Waals surface area contributed by atoms with E-state index in [2.05, 4.69) is 10.3 Å². The van der Waals surface area contributed by atoms with Crippen LogP contribution < -0.4 is 5.32 Å². The van der Waals surface area contributed by atoms with Gasteiger partial charge in [-0.2, -0.15) is 0 Å². The van der Waals surface area contributed by atoms with Crippen molar-refractivity contribution in [1.29, 1.82) is 0 Å². The molecule has 0 aliphatic rings. The van der Waals surface area contributed by atoms with Gasteiger partial charge in [-0.25, -0.2) is 4.39 Å². The molecule has 0 saturated heterocycles. The van der Waals surface area contributed by atoms with Gasteiger partial charge in [0.2, 0.25) is 0 Å². The van der Waals surface area contributed by atoms with Gasteiger partial charge in [0.25, 0.3) is 0 Å². The quantitative estimate of drug-likeness (QED) is 0.923. The number of nitrogens with one attached hydrogen (secondary N) is 1. The van der Waals surface area contributed by atoms with Crippen LogP contribution in [0.25, 0.3) is 0 Å². The minimum absolute atomic E-state index is 0.156. The Kier molecular flexibility index (Phi) is 4.51. The van der Waals surface area contributed by atoms with Gasteiger partial charge in [-0.3, -0.25) is 4.98 Å². The Morgan fingerprint density at radius 2 is 2.11 bits per heavy atom. The molecule has 1 heterocycles. The predicted molar refractivity (Wildman–Crippen MR) is 75.9 cm³/mol. The number of nitrogens with zero attached hydrogens (tertiary/aromatic N) is 1. The third-order valence-electron chi connectivity index (χ3n) is 3.10. The Hall–Kier alpha value is -1.45. The van der Waals surface area contributed by atoms with Gasteiger partial charge in [-0.05, 0) is 55.8 Å². The van der Waals surface area contributed by atoms with Crippen LogP contribution in [-0.2, 0) is 6.42 Å². The Labute approximate surface area is 117 Å². The lowest BCUT2D eigenvalue weighted by atomic mass is 9.99. The first-order valence-electron chi connectivity index (χ1n) is 6.14. The number of benzene rings is 1. The number of halogens is 2. The maximum Gasteiger partial charge on any atom is 0.141 e. The molecule has 0 aliphatic carbocycles. The second-order valence-electron chi connectivity index (χ2n) is 4.52. The highest BCUT2D eigenvalue weighted by Crippen LogP contribution is 2.22. The molecular formula is C15H16ClFN2. The monoisotopic (exact) mass is 278 g/mol. The number of aromatic nitrogens is 1. The van der Waals surface area contributed by atoms with Gasteiger partial charge in [0.05, 0.1) is 5.02 Å². The fourth-order valence-electron chi connectivity index (χ4n) is 2.07. The van der Waals surface area contributed by atoms with E-state index in [-0.39, 0.29) is 16.9 Å².